The van der Waals surface area contributed by atoms with Gasteiger partial charge in [0.15, 0.2) is 0 Å². The highest BCUT2D eigenvalue weighted by atomic mass is 35.5. The van der Waals surface area contributed by atoms with E-state index in [4.69, 9.17) is 11.6 Å². The van der Waals surface area contributed by atoms with Crippen LogP contribution >= 0.6 is 11.6 Å². The maximum Gasteiger partial charge on any atom is 0.256 e. The fourth-order valence-corrected chi connectivity index (χ4v) is 1.84. The molecule has 0 spiro atoms. The Morgan fingerprint density at radius 2 is 2.06 bits per heavy atom. The van der Waals surface area contributed by atoms with Crippen LogP contribution in [0.3, 0.4) is 0 Å². The fraction of sp³-hybridized carbons (Fsp3) is 0.143. The monoisotopic (exact) mass is 260 g/mol. The van der Waals surface area contributed by atoms with E-state index in [1.54, 1.807) is 24.5 Å². The van der Waals surface area contributed by atoms with Crippen molar-refractivity contribution in [2.75, 3.05) is 5.32 Å². The zero-order chi connectivity index (χ0) is 13.1. The average molecular weight is 261 g/mol. The Kier molecular flexibility index (Phi) is 3.63. The molecule has 0 saturated heterocycles. The molecule has 4 heteroatoms. The lowest BCUT2D eigenvalue weighted by atomic mass is 10.1. The molecule has 1 aromatic heterocycles. The van der Waals surface area contributed by atoms with Crippen molar-refractivity contribution >= 4 is 23.2 Å². The average Bonchev–Trinajstić information content (AvgIpc) is 2.35. The summed E-state index contributed by atoms with van der Waals surface area (Å²) in [5.74, 6) is -0.153. The van der Waals surface area contributed by atoms with E-state index in [2.05, 4.69) is 10.3 Å². The normalized spacial score (nSPS) is 10.2. The summed E-state index contributed by atoms with van der Waals surface area (Å²) < 4.78 is 0. The first-order valence-corrected chi connectivity index (χ1v) is 5.94. The Labute approximate surface area is 111 Å². The minimum absolute atomic E-state index is 0.153. The van der Waals surface area contributed by atoms with Gasteiger partial charge in [-0.05, 0) is 43.2 Å². The number of hydrogen-bond acceptors (Lipinski definition) is 2. The van der Waals surface area contributed by atoms with E-state index in [1.165, 1.54) is 0 Å². The molecule has 0 atom stereocenters. The van der Waals surface area contributed by atoms with Gasteiger partial charge in [-0.1, -0.05) is 17.7 Å². The first-order chi connectivity index (χ1) is 8.59. The van der Waals surface area contributed by atoms with Crippen LogP contribution in [0.15, 0.2) is 36.7 Å². The van der Waals surface area contributed by atoms with E-state index in [1.807, 2.05) is 26.0 Å². The molecule has 3 nitrogen and oxygen atoms in total. The van der Waals surface area contributed by atoms with E-state index in [-0.39, 0.29) is 5.91 Å². The molecule has 1 amide bonds. The molecule has 1 heterocycles. The van der Waals surface area contributed by atoms with E-state index < -0.39 is 0 Å². The summed E-state index contributed by atoms with van der Waals surface area (Å²) >= 11 is 6.01. The van der Waals surface area contributed by atoms with Crippen LogP contribution < -0.4 is 5.32 Å². The van der Waals surface area contributed by atoms with Gasteiger partial charge < -0.3 is 5.32 Å². The molecule has 0 aliphatic rings. The second-order valence-corrected chi connectivity index (χ2v) is 4.46. The lowest BCUT2D eigenvalue weighted by molar-refractivity contribution is 0.102. The van der Waals surface area contributed by atoms with Gasteiger partial charge in [0.1, 0.15) is 0 Å². The molecule has 1 N–H and O–H groups in total. The third-order valence-electron chi connectivity index (χ3n) is 2.78. The summed E-state index contributed by atoms with van der Waals surface area (Å²) in [4.78, 5) is 16.1. The van der Waals surface area contributed by atoms with Crippen molar-refractivity contribution in [3.63, 3.8) is 0 Å². The van der Waals surface area contributed by atoms with Gasteiger partial charge in [0, 0.05) is 28.7 Å². The van der Waals surface area contributed by atoms with Crippen molar-refractivity contribution in [2.45, 2.75) is 13.8 Å². The Bertz CT molecular complexity index is 596. The second-order valence-electron chi connectivity index (χ2n) is 4.06. The Morgan fingerprint density at radius 1 is 1.28 bits per heavy atom. The quantitative estimate of drug-likeness (QED) is 0.896. The number of aromatic nitrogens is 1. The minimum Gasteiger partial charge on any atom is -0.322 e. The number of nitrogens with zero attached hydrogens (tertiary/aromatic N) is 1. The van der Waals surface area contributed by atoms with Crippen LogP contribution in [-0.4, -0.2) is 10.9 Å². The molecule has 18 heavy (non-hydrogen) atoms. The van der Waals surface area contributed by atoms with Crippen LogP contribution in [0.5, 0.6) is 0 Å². The van der Waals surface area contributed by atoms with Crippen molar-refractivity contribution in [1.82, 2.24) is 4.98 Å². The maximum atomic E-state index is 12.1. The Hall–Kier alpha value is -1.87. The number of aryl methyl sites for hydroxylation is 1. The molecule has 2 rings (SSSR count). The van der Waals surface area contributed by atoms with Crippen LogP contribution in [0.2, 0.25) is 5.02 Å². The third kappa shape index (κ3) is 2.51. The first-order valence-electron chi connectivity index (χ1n) is 5.56. The summed E-state index contributed by atoms with van der Waals surface area (Å²) in [6, 6.07) is 7.13. The number of halogens is 1. The topological polar surface area (TPSA) is 42.0 Å². The lowest BCUT2D eigenvalue weighted by Crippen LogP contribution is -2.14. The predicted octanol–water partition coefficient (Wildman–Crippen LogP) is 3.60. The molecule has 0 aliphatic carbocycles. The molecule has 0 bridgehead atoms. The standard InChI is InChI=1S/C14H13ClN2O/c1-9-8-16-7-6-11(9)14(18)17-13-5-3-4-12(15)10(13)2/h3-8H,1-2H3,(H,17,18). The number of nitrogens with one attached hydrogen (secondary N) is 1. The van der Waals surface area contributed by atoms with Crippen molar-refractivity contribution in [3.05, 3.63) is 58.4 Å². The van der Waals surface area contributed by atoms with Crippen molar-refractivity contribution < 1.29 is 4.79 Å². The number of amides is 1. The fourth-order valence-electron chi connectivity index (χ4n) is 1.66. The van der Waals surface area contributed by atoms with Crippen LogP contribution in [0.1, 0.15) is 21.5 Å². The summed E-state index contributed by atoms with van der Waals surface area (Å²) in [6.07, 6.45) is 3.27. The van der Waals surface area contributed by atoms with E-state index in [0.717, 1.165) is 16.8 Å². The highest BCUT2D eigenvalue weighted by molar-refractivity contribution is 6.31. The number of hydrogen-bond donors (Lipinski definition) is 1. The summed E-state index contributed by atoms with van der Waals surface area (Å²) in [5.41, 5.74) is 3.04. The highest BCUT2D eigenvalue weighted by Gasteiger charge is 2.10. The maximum absolute atomic E-state index is 12.1. The van der Waals surface area contributed by atoms with Crippen LogP contribution in [-0.2, 0) is 0 Å². The van der Waals surface area contributed by atoms with Gasteiger partial charge in [0.05, 0.1) is 0 Å². The van der Waals surface area contributed by atoms with E-state index in [0.29, 0.717) is 10.6 Å². The molecule has 0 unspecified atom stereocenters. The van der Waals surface area contributed by atoms with Gasteiger partial charge in [0.2, 0.25) is 0 Å². The number of rotatable bonds is 2. The van der Waals surface area contributed by atoms with Crippen molar-refractivity contribution in [2.24, 2.45) is 0 Å². The first kappa shape index (κ1) is 12.6. The number of benzene rings is 1. The van der Waals surface area contributed by atoms with Crippen LogP contribution in [0, 0.1) is 13.8 Å². The Balaban J connectivity index is 2.27. The second kappa shape index (κ2) is 5.19. The van der Waals surface area contributed by atoms with Gasteiger partial charge >= 0.3 is 0 Å². The number of carbonyl (C=O) groups is 1. The number of carbonyl (C=O) groups excluding carboxylic acids is 1. The van der Waals surface area contributed by atoms with E-state index in [9.17, 15) is 4.79 Å². The third-order valence-corrected chi connectivity index (χ3v) is 3.19. The molecule has 1 aromatic carbocycles. The smallest absolute Gasteiger partial charge is 0.256 e. The molecule has 92 valence electrons. The molecule has 0 aliphatic heterocycles. The largest absolute Gasteiger partial charge is 0.322 e. The molecular weight excluding hydrogens is 248 g/mol. The zero-order valence-electron chi connectivity index (χ0n) is 10.2. The van der Waals surface area contributed by atoms with Gasteiger partial charge in [-0.2, -0.15) is 0 Å². The molecule has 0 fully saturated rings. The minimum atomic E-state index is -0.153. The molecule has 2 aromatic rings. The number of pyridine rings is 1. The van der Waals surface area contributed by atoms with Crippen LogP contribution in [0.4, 0.5) is 5.69 Å². The molecule has 0 radical (unpaired) electrons. The number of anilines is 1. The zero-order valence-corrected chi connectivity index (χ0v) is 11.0. The highest BCUT2D eigenvalue weighted by Crippen LogP contribution is 2.23. The summed E-state index contributed by atoms with van der Waals surface area (Å²) in [6.45, 7) is 3.73. The van der Waals surface area contributed by atoms with Crippen molar-refractivity contribution in [1.29, 1.82) is 0 Å². The molecular formula is C14H13ClN2O. The Morgan fingerprint density at radius 3 is 2.78 bits per heavy atom. The van der Waals surface area contributed by atoms with Crippen molar-refractivity contribution in [3.8, 4) is 0 Å². The van der Waals surface area contributed by atoms with Gasteiger partial charge in [-0.25, -0.2) is 0 Å². The van der Waals surface area contributed by atoms with Gasteiger partial charge in [-0.15, -0.1) is 0 Å². The van der Waals surface area contributed by atoms with Crippen LogP contribution in [0.25, 0.3) is 0 Å². The molecule has 0 saturated carbocycles. The predicted molar refractivity (Wildman–Crippen MR) is 73.1 cm³/mol. The summed E-state index contributed by atoms with van der Waals surface area (Å²) in [5, 5.41) is 3.50. The lowest BCUT2D eigenvalue weighted by Gasteiger charge is -2.10. The van der Waals surface area contributed by atoms with Gasteiger partial charge in [0.25, 0.3) is 5.91 Å². The SMILES string of the molecule is Cc1cnccc1C(=O)Nc1cccc(Cl)c1C. The van der Waals surface area contributed by atoms with Gasteiger partial charge in [-0.3, -0.25) is 9.78 Å². The van der Waals surface area contributed by atoms with E-state index >= 15 is 0 Å². The summed E-state index contributed by atoms with van der Waals surface area (Å²) in [7, 11) is 0.